The highest BCUT2D eigenvalue weighted by molar-refractivity contribution is 5.88. The third kappa shape index (κ3) is 3.14. The van der Waals surface area contributed by atoms with Crippen LogP contribution in [-0.2, 0) is 10.3 Å². The summed E-state index contributed by atoms with van der Waals surface area (Å²) in [7, 11) is 0. The molecule has 2 heterocycles. The third-order valence-electron chi connectivity index (χ3n) is 5.10. The molecular formula is C18H22N4O3. The Balaban J connectivity index is 2.02. The molecule has 0 radical (unpaired) electrons. The molecule has 0 spiro atoms. The van der Waals surface area contributed by atoms with E-state index in [2.05, 4.69) is 11.9 Å². The summed E-state index contributed by atoms with van der Waals surface area (Å²) < 4.78 is 1.56. The topological polar surface area (TPSA) is 81.3 Å². The van der Waals surface area contributed by atoms with E-state index in [1.165, 1.54) is 12.5 Å². The Kier molecular flexibility index (Phi) is 4.57. The van der Waals surface area contributed by atoms with Crippen LogP contribution in [0.15, 0.2) is 42.9 Å². The van der Waals surface area contributed by atoms with Crippen LogP contribution < -0.4 is 0 Å². The number of likely N-dealkylation sites (tertiary alicyclic amines) is 1. The third-order valence-corrected chi connectivity index (χ3v) is 5.10. The fourth-order valence-electron chi connectivity index (χ4n) is 3.32. The number of benzene rings is 1. The number of hydrogen-bond acceptors (Lipinski definition) is 4. The first-order valence-corrected chi connectivity index (χ1v) is 8.46. The highest BCUT2D eigenvalue weighted by Gasteiger charge is 2.42. The predicted molar refractivity (Wildman–Crippen MR) is 93.1 cm³/mol. The molecule has 7 heteroatoms. The number of piperidine rings is 1. The van der Waals surface area contributed by atoms with Crippen LogP contribution in [0.25, 0.3) is 0 Å². The van der Waals surface area contributed by atoms with Crippen molar-refractivity contribution in [3.8, 4) is 0 Å². The van der Waals surface area contributed by atoms with E-state index in [-0.39, 0.29) is 11.7 Å². The van der Waals surface area contributed by atoms with Gasteiger partial charge in [-0.15, -0.1) is 0 Å². The molecule has 0 bridgehead atoms. The van der Waals surface area contributed by atoms with Crippen LogP contribution in [0.1, 0.15) is 32.3 Å². The summed E-state index contributed by atoms with van der Waals surface area (Å²) in [5.41, 5.74) is -0.283. The molecule has 7 nitrogen and oxygen atoms in total. The summed E-state index contributed by atoms with van der Waals surface area (Å²) in [6.45, 7) is 5.41. The smallest absolute Gasteiger partial charge is 0.358 e. The Bertz CT molecular complexity index is 766. The van der Waals surface area contributed by atoms with E-state index in [0.717, 1.165) is 18.4 Å². The molecular weight excluding hydrogens is 320 g/mol. The Morgan fingerprint density at radius 1 is 1.28 bits per heavy atom. The highest BCUT2D eigenvalue weighted by atomic mass is 16.6. The van der Waals surface area contributed by atoms with Crippen molar-refractivity contribution in [1.29, 1.82) is 0 Å². The lowest BCUT2D eigenvalue weighted by Crippen LogP contribution is -2.51. The quantitative estimate of drug-likeness (QED) is 0.632. The van der Waals surface area contributed by atoms with Gasteiger partial charge in [0.15, 0.2) is 0 Å². The van der Waals surface area contributed by atoms with Gasteiger partial charge in [-0.2, -0.15) is 0 Å². The number of amides is 1. The van der Waals surface area contributed by atoms with Crippen LogP contribution >= 0.6 is 0 Å². The second-order valence-corrected chi connectivity index (χ2v) is 6.81. The van der Waals surface area contributed by atoms with Gasteiger partial charge in [-0.25, -0.2) is 0 Å². The predicted octanol–water partition coefficient (Wildman–Crippen LogP) is 2.81. The van der Waals surface area contributed by atoms with Gasteiger partial charge in [0.1, 0.15) is 11.7 Å². The van der Waals surface area contributed by atoms with E-state index in [0.29, 0.717) is 19.0 Å². The van der Waals surface area contributed by atoms with Crippen LogP contribution in [0.4, 0.5) is 5.82 Å². The standard InChI is InChI=1S/C18H22N4O3/c1-14-8-10-20(11-9-14)17(23)18(2,15-6-4-3-5-7-15)21-12-16(19-13-21)22(24)25/h3-7,12-14H,8-11H2,1-2H3. The van der Waals surface area contributed by atoms with Crippen LogP contribution in [0, 0.1) is 16.0 Å². The molecule has 2 aromatic rings. The van der Waals surface area contributed by atoms with Crippen LogP contribution in [0.2, 0.25) is 0 Å². The first kappa shape index (κ1) is 17.1. The first-order chi connectivity index (χ1) is 11.9. The van der Waals surface area contributed by atoms with Crippen molar-refractivity contribution in [3.05, 3.63) is 58.5 Å². The number of carbonyl (C=O) groups is 1. The molecule has 1 unspecified atom stereocenters. The average molecular weight is 342 g/mol. The van der Waals surface area contributed by atoms with E-state index in [1.54, 1.807) is 11.5 Å². The number of hydrogen-bond donors (Lipinski definition) is 0. The van der Waals surface area contributed by atoms with Crippen molar-refractivity contribution in [1.82, 2.24) is 14.5 Å². The van der Waals surface area contributed by atoms with Gasteiger partial charge < -0.3 is 15.0 Å². The molecule has 1 aromatic carbocycles. The highest BCUT2D eigenvalue weighted by Crippen LogP contribution is 2.31. The lowest BCUT2D eigenvalue weighted by molar-refractivity contribution is -0.389. The molecule has 1 aliphatic heterocycles. The lowest BCUT2D eigenvalue weighted by atomic mass is 9.88. The second kappa shape index (κ2) is 6.66. The normalized spacial score (nSPS) is 17.9. The van der Waals surface area contributed by atoms with Crippen molar-refractivity contribution in [2.24, 2.45) is 5.92 Å². The summed E-state index contributed by atoms with van der Waals surface area (Å²) >= 11 is 0. The van der Waals surface area contributed by atoms with Gasteiger partial charge in [-0.05, 0) is 41.2 Å². The molecule has 1 amide bonds. The number of rotatable bonds is 4. The first-order valence-electron chi connectivity index (χ1n) is 8.46. The van der Waals surface area contributed by atoms with E-state index < -0.39 is 10.5 Å². The summed E-state index contributed by atoms with van der Waals surface area (Å²) in [6.07, 6.45) is 4.65. The molecule has 1 aliphatic rings. The summed E-state index contributed by atoms with van der Waals surface area (Å²) in [4.78, 5) is 29.6. The Morgan fingerprint density at radius 2 is 1.92 bits per heavy atom. The average Bonchev–Trinajstić information content (AvgIpc) is 3.13. The lowest BCUT2D eigenvalue weighted by Gasteiger charge is -2.38. The van der Waals surface area contributed by atoms with E-state index in [9.17, 15) is 14.9 Å². The fraction of sp³-hybridized carbons (Fsp3) is 0.444. The molecule has 1 aromatic heterocycles. The van der Waals surface area contributed by atoms with Crippen molar-refractivity contribution in [2.45, 2.75) is 32.2 Å². The van der Waals surface area contributed by atoms with Gasteiger partial charge in [0.2, 0.25) is 6.33 Å². The number of carbonyl (C=O) groups excluding carboxylic acids is 1. The molecule has 1 atom stereocenters. The largest absolute Gasteiger partial charge is 0.381 e. The maximum atomic E-state index is 13.4. The monoisotopic (exact) mass is 342 g/mol. The maximum Gasteiger partial charge on any atom is 0.381 e. The van der Waals surface area contributed by atoms with Crippen molar-refractivity contribution >= 4 is 11.7 Å². The molecule has 1 fully saturated rings. The summed E-state index contributed by atoms with van der Waals surface area (Å²) in [6, 6.07) is 9.36. The summed E-state index contributed by atoms with van der Waals surface area (Å²) in [5, 5.41) is 11.0. The molecule has 1 saturated heterocycles. The number of aromatic nitrogens is 2. The minimum Gasteiger partial charge on any atom is -0.358 e. The SMILES string of the molecule is CC1CCN(C(=O)C(C)(c2ccccc2)n2cnc([N+](=O)[O-])c2)CC1. The van der Waals surface area contributed by atoms with E-state index in [1.807, 2.05) is 35.2 Å². The molecule has 3 rings (SSSR count). The minimum absolute atomic E-state index is 0.0575. The van der Waals surface area contributed by atoms with Crippen LogP contribution in [-0.4, -0.2) is 38.4 Å². The second-order valence-electron chi connectivity index (χ2n) is 6.81. The van der Waals surface area contributed by atoms with Crippen molar-refractivity contribution in [3.63, 3.8) is 0 Å². The summed E-state index contributed by atoms with van der Waals surface area (Å²) in [5.74, 6) is 0.293. The fourth-order valence-corrected chi connectivity index (χ4v) is 3.32. The van der Waals surface area contributed by atoms with Gasteiger partial charge in [-0.3, -0.25) is 9.36 Å². The van der Waals surface area contributed by atoms with Gasteiger partial charge in [-0.1, -0.05) is 37.3 Å². The zero-order valence-electron chi connectivity index (χ0n) is 14.5. The molecule has 0 aliphatic carbocycles. The van der Waals surface area contributed by atoms with Gasteiger partial charge in [0.05, 0.1) is 0 Å². The van der Waals surface area contributed by atoms with Gasteiger partial charge in [0.25, 0.3) is 5.91 Å². The zero-order valence-corrected chi connectivity index (χ0v) is 14.5. The van der Waals surface area contributed by atoms with Gasteiger partial charge >= 0.3 is 5.82 Å². The van der Waals surface area contributed by atoms with Gasteiger partial charge in [0, 0.05) is 13.1 Å². The number of nitro groups is 1. The zero-order chi connectivity index (χ0) is 18.0. The molecule has 0 saturated carbocycles. The maximum absolute atomic E-state index is 13.4. The minimum atomic E-state index is -1.07. The van der Waals surface area contributed by atoms with Crippen molar-refractivity contribution < 1.29 is 9.72 Å². The number of imidazole rings is 1. The van der Waals surface area contributed by atoms with Crippen molar-refractivity contribution in [2.75, 3.05) is 13.1 Å². The molecule has 25 heavy (non-hydrogen) atoms. The number of nitrogens with zero attached hydrogens (tertiary/aromatic N) is 4. The van der Waals surface area contributed by atoms with E-state index in [4.69, 9.17) is 0 Å². The van der Waals surface area contributed by atoms with E-state index >= 15 is 0 Å². The Labute approximate surface area is 146 Å². The molecule has 0 N–H and O–H groups in total. The van der Waals surface area contributed by atoms with Crippen LogP contribution in [0.3, 0.4) is 0 Å². The Hall–Kier alpha value is -2.70. The molecule has 132 valence electrons. The van der Waals surface area contributed by atoms with Crippen LogP contribution in [0.5, 0.6) is 0 Å². The Morgan fingerprint density at radius 3 is 2.48 bits per heavy atom.